The molecule has 7 heteroatoms. The average Bonchev–Trinajstić information content (AvgIpc) is 3.67. The number of fused-ring (bicyclic) bond motifs is 3. The molecule has 4 nitrogen and oxygen atoms in total. The molecule has 2 aliphatic rings. The van der Waals surface area contributed by atoms with Gasteiger partial charge in [-0.2, -0.15) is 0 Å². The minimum atomic E-state index is -0.913. The maximum absolute atomic E-state index is 13.7. The van der Waals surface area contributed by atoms with Gasteiger partial charge in [-0.05, 0) is 82.7 Å². The Labute approximate surface area is 223 Å². The minimum absolute atomic E-state index is 0.0693. The van der Waals surface area contributed by atoms with Crippen LogP contribution in [0, 0.1) is 23.5 Å². The molecule has 1 saturated carbocycles. The fraction of sp³-hybridized carbons (Fsp3) is 0.194. The number of carboxylic acid groups (broad SMARTS) is 1. The Morgan fingerprint density at radius 2 is 1.87 bits per heavy atom. The number of halogens is 2. The lowest BCUT2D eigenvalue weighted by molar-refractivity contribution is -0.137. The first-order valence-electron chi connectivity index (χ1n) is 12.5. The second-order valence-corrected chi connectivity index (χ2v) is 10.9. The molecular weight excluding hydrogens is 502 g/mol. The Balaban J connectivity index is 1.29. The summed E-state index contributed by atoms with van der Waals surface area (Å²) in [5.41, 5.74) is 6.45. The van der Waals surface area contributed by atoms with Crippen LogP contribution in [0.25, 0.3) is 35.2 Å². The highest BCUT2D eigenvalue weighted by Gasteiger charge is 2.39. The summed E-state index contributed by atoms with van der Waals surface area (Å²) in [7, 11) is 0. The molecule has 2 aromatic carbocycles. The van der Waals surface area contributed by atoms with E-state index in [0.29, 0.717) is 22.5 Å². The molecule has 6 rings (SSSR count). The number of aliphatic carboxylic acids is 1. The van der Waals surface area contributed by atoms with E-state index in [1.54, 1.807) is 18.3 Å². The minimum Gasteiger partial charge on any atom is -0.481 e. The SMILES string of the molecule is O=C(O)CC1CC1CSC1c2cc(/C=C/c3ccc4cc(F)c(F)cc4n3)ccc2C=Cc2ncccc21. The molecule has 0 bridgehead atoms. The summed E-state index contributed by atoms with van der Waals surface area (Å²) < 4.78 is 27.2. The number of nitrogens with zero attached hydrogens (tertiary/aromatic N) is 2. The molecule has 4 aromatic rings. The van der Waals surface area contributed by atoms with Gasteiger partial charge in [-0.25, -0.2) is 13.8 Å². The zero-order chi connectivity index (χ0) is 26.2. The predicted molar refractivity (Wildman–Crippen MR) is 148 cm³/mol. The molecule has 0 saturated heterocycles. The van der Waals surface area contributed by atoms with Gasteiger partial charge in [0, 0.05) is 24.1 Å². The van der Waals surface area contributed by atoms with Crippen molar-refractivity contribution in [2.75, 3.05) is 5.75 Å². The molecule has 0 radical (unpaired) electrons. The highest BCUT2D eigenvalue weighted by molar-refractivity contribution is 7.99. The summed E-state index contributed by atoms with van der Waals surface area (Å²) in [5.74, 6) is -0.930. The molecule has 0 aliphatic heterocycles. The van der Waals surface area contributed by atoms with Gasteiger partial charge in [-0.1, -0.05) is 36.4 Å². The summed E-state index contributed by atoms with van der Waals surface area (Å²) in [6, 6.07) is 16.2. The Bertz CT molecular complexity index is 1620. The maximum Gasteiger partial charge on any atom is 0.303 e. The molecule has 0 amide bonds. The molecule has 38 heavy (non-hydrogen) atoms. The third kappa shape index (κ3) is 5.11. The van der Waals surface area contributed by atoms with Gasteiger partial charge in [0.25, 0.3) is 0 Å². The molecule has 2 heterocycles. The van der Waals surface area contributed by atoms with Crippen LogP contribution in [0.4, 0.5) is 8.78 Å². The van der Waals surface area contributed by atoms with Crippen LogP contribution >= 0.6 is 11.8 Å². The van der Waals surface area contributed by atoms with Crippen molar-refractivity contribution in [1.82, 2.24) is 9.97 Å². The van der Waals surface area contributed by atoms with Crippen LogP contribution in [-0.2, 0) is 4.79 Å². The first-order chi connectivity index (χ1) is 18.4. The second-order valence-electron chi connectivity index (χ2n) is 9.80. The molecule has 3 unspecified atom stereocenters. The standard InChI is InChI=1S/C31H24F2N2O2S/c32-26-14-20-6-9-23(35-29(20)16-27(26)33)8-4-18-3-5-19-7-10-28-24(2-1-11-34-28)31(25(19)12-18)38-17-22-13-21(22)15-30(36)37/h1-12,14,16,21-22,31H,13,15,17H2,(H,36,37)/b8-4+. The highest BCUT2D eigenvalue weighted by Crippen LogP contribution is 2.49. The zero-order valence-electron chi connectivity index (χ0n) is 20.4. The van der Waals surface area contributed by atoms with E-state index in [9.17, 15) is 13.6 Å². The van der Waals surface area contributed by atoms with E-state index in [-0.39, 0.29) is 17.6 Å². The van der Waals surface area contributed by atoms with Crippen molar-refractivity contribution >= 4 is 52.9 Å². The van der Waals surface area contributed by atoms with E-state index in [0.717, 1.165) is 46.7 Å². The van der Waals surface area contributed by atoms with E-state index in [1.165, 1.54) is 5.56 Å². The molecule has 3 atom stereocenters. The number of carboxylic acids is 1. The van der Waals surface area contributed by atoms with E-state index >= 15 is 0 Å². The number of benzene rings is 2. The number of hydrogen-bond acceptors (Lipinski definition) is 4. The van der Waals surface area contributed by atoms with Gasteiger partial charge in [-0.15, -0.1) is 11.8 Å². The van der Waals surface area contributed by atoms with E-state index < -0.39 is 17.6 Å². The van der Waals surface area contributed by atoms with Crippen LogP contribution in [0.3, 0.4) is 0 Å². The average molecular weight is 527 g/mol. The third-order valence-corrected chi connectivity index (χ3v) is 8.61. The lowest BCUT2D eigenvalue weighted by Crippen LogP contribution is -2.04. The Kier molecular flexibility index (Phi) is 6.54. The fourth-order valence-corrected chi connectivity index (χ4v) is 6.61. The number of rotatable bonds is 7. The summed E-state index contributed by atoms with van der Waals surface area (Å²) >= 11 is 1.85. The van der Waals surface area contributed by atoms with Gasteiger partial charge in [0.15, 0.2) is 11.6 Å². The second kappa shape index (κ2) is 10.1. The van der Waals surface area contributed by atoms with Gasteiger partial charge in [-0.3, -0.25) is 9.78 Å². The van der Waals surface area contributed by atoms with Gasteiger partial charge >= 0.3 is 5.97 Å². The van der Waals surface area contributed by atoms with Crippen molar-refractivity contribution in [1.29, 1.82) is 0 Å². The van der Waals surface area contributed by atoms with Crippen molar-refractivity contribution in [2.24, 2.45) is 11.8 Å². The lowest BCUT2D eigenvalue weighted by atomic mass is 9.98. The summed E-state index contributed by atoms with van der Waals surface area (Å²) in [6.07, 6.45) is 11.0. The summed E-state index contributed by atoms with van der Waals surface area (Å²) in [5, 5.41) is 9.75. The van der Waals surface area contributed by atoms with Gasteiger partial charge in [0.2, 0.25) is 0 Å². The van der Waals surface area contributed by atoms with E-state index in [1.807, 2.05) is 36.0 Å². The molecule has 1 fully saturated rings. The first kappa shape index (κ1) is 24.5. The largest absolute Gasteiger partial charge is 0.481 e. The topological polar surface area (TPSA) is 63.1 Å². The monoisotopic (exact) mass is 526 g/mol. The van der Waals surface area contributed by atoms with Crippen LogP contribution < -0.4 is 0 Å². The van der Waals surface area contributed by atoms with E-state index in [4.69, 9.17) is 5.11 Å². The van der Waals surface area contributed by atoms with Crippen molar-refractivity contribution in [3.05, 3.63) is 106 Å². The molecule has 2 aromatic heterocycles. The number of hydrogen-bond donors (Lipinski definition) is 1. The van der Waals surface area contributed by atoms with Crippen molar-refractivity contribution in [3.8, 4) is 0 Å². The lowest BCUT2D eigenvalue weighted by Gasteiger charge is -2.20. The van der Waals surface area contributed by atoms with Crippen molar-refractivity contribution in [3.63, 3.8) is 0 Å². The summed E-state index contributed by atoms with van der Waals surface area (Å²) in [6.45, 7) is 0. The first-order valence-corrected chi connectivity index (χ1v) is 13.5. The Morgan fingerprint density at radius 3 is 2.74 bits per heavy atom. The molecule has 1 N–H and O–H groups in total. The fourth-order valence-electron chi connectivity index (χ4n) is 5.00. The quantitative estimate of drug-likeness (QED) is 0.270. The molecule has 190 valence electrons. The van der Waals surface area contributed by atoms with Crippen LogP contribution in [0.5, 0.6) is 0 Å². The zero-order valence-corrected chi connectivity index (χ0v) is 21.2. The smallest absolute Gasteiger partial charge is 0.303 e. The summed E-state index contributed by atoms with van der Waals surface area (Å²) in [4.78, 5) is 20.2. The van der Waals surface area contributed by atoms with Crippen LogP contribution in [0.15, 0.2) is 60.8 Å². The number of thioether (sulfide) groups is 1. The van der Waals surface area contributed by atoms with Gasteiger partial charge < -0.3 is 5.11 Å². The number of aromatic nitrogens is 2. The van der Waals surface area contributed by atoms with Crippen LogP contribution in [0.2, 0.25) is 0 Å². The van der Waals surface area contributed by atoms with Crippen LogP contribution in [-0.4, -0.2) is 26.8 Å². The van der Waals surface area contributed by atoms with Crippen molar-refractivity contribution in [2.45, 2.75) is 18.1 Å². The Morgan fingerprint density at radius 1 is 1.00 bits per heavy atom. The van der Waals surface area contributed by atoms with Gasteiger partial charge in [0.05, 0.1) is 22.2 Å². The number of pyridine rings is 2. The maximum atomic E-state index is 13.7. The Hall–Kier alpha value is -3.84. The molecular formula is C31H24F2N2O2S. The predicted octanol–water partition coefficient (Wildman–Crippen LogP) is 7.50. The van der Waals surface area contributed by atoms with Crippen molar-refractivity contribution < 1.29 is 18.7 Å². The molecule has 2 aliphatic carbocycles. The van der Waals surface area contributed by atoms with E-state index in [2.05, 4.69) is 40.3 Å². The van der Waals surface area contributed by atoms with Gasteiger partial charge in [0.1, 0.15) is 0 Å². The molecule has 0 spiro atoms. The normalized spacial score (nSPS) is 19.8. The van der Waals surface area contributed by atoms with Crippen LogP contribution in [0.1, 0.15) is 51.7 Å². The highest BCUT2D eigenvalue weighted by atomic mass is 32.2. The number of carbonyl (C=O) groups is 1. The third-order valence-electron chi connectivity index (χ3n) is 7.15.